The van der Waals surface area contributed by atoms with Crippen molar-refractivity contribution in [2.75, 3.05) is 13.7 Å². The van der Waals surface area contributed by atoms with Crippen LogP contribution in [0, 0.1) is 0 Å². The first kappa shape index (κ1) is 15.5. The summed E-state index contributed by atoms with van der Waals surface area (Å²) in [5, 5.41) is 4.32. The molecule has 3 heterocycles. The third-order valence-electron chi connectivity index (χ3n) is 5.90. The fraction of sp³-hybridized carbons (Fsp3) is 0.318. The van der Waals surface area contributed by atoms with Crippen LogP contribution in [0.4, 0.5) is 0 Å². The number of para-hydroxylation sites is 1. The van der Waals surface area contributed by atoms with Crippen LogP contribution in [0.1, 0.15) is 34.9 Å². The van der Waals surface area contributed by atoms with E-state index >= 15 is 0 Å². The number of hydrogen-bond acceptors (Lipinski definition) is 2. The lowest BCUT2D eigenvalue weighted by Crippen LogP contribution is -2.18. The van der Waals surface area contributed by atoms with Gasteiger partial charge in [0.05, 0.1) is 18.5 Å². The second kappa shape index (κ2) is 5.90. The largest absolute Gasteiger partial charge is 0.497 e. The summed E-state index contributed by atoms with van der Waals surface area (Å²) in [6, 6.07) is 14.6. The highest BCUT2D eigenvalue weighted by atomic mass is 16.5. The van der Waals surface area contributed by atoms with Gasteiger partial charge in [0.2, 0.25) is 5.91 Å². The van der Waals surface area contributed by atoms with Gasteiger partial charge in [0.1, 0.15) is 5.75 Å². The van der Waals surface area contributed by atoms with Gasteiger partial charge in [-0.05, 0) is 41.7 Å². The zero-order chi connectivity index (χ0) is 17.7. The first-order valence-electron chi connectivity index (χ1n) is 9.28. The first-order chi connectivity index (χ1) is 12.8. The Morgan fingerprint density at radius 2 is 2.08 bits per heavy atom. The highest BCUT2D eigenvalue weighted by molar-refractivity contribution is 5.95. The minimum Gasteiger partial charge on any atom is -0.497 e. The Kier molecular flexibility index (Phi) is 3.52. The number of rotatable bonds is 3. The molecular formula is C22H22N2O2. The number of aromatic nitrogens is 1. The molecule has 0 radical (unpaired) electrons. The number of hydrogen-bond donors (Lipinski definition) is 1. The number of benzene rings is 2. The zero-order valence-electron chi connectivity index (χ0n) is 14.9. The van der Waals surface area contributed by atoms with Gasteiger partial charge in [0, 0.05) is 30.6 Å². The molecule has 2 aliphatic heterocycles. The molecule has 0 saturated carbocycles. The third-order valence-corrected chi connectivity index (χ3v) is 5.90. The summed E-state index contributed by atoms with van der Waals surface area (Å²) in [6.07, 6.45) is 4.50. The topological polar surface area (TPSA) is 43.3 Å². The maximum atomic E-state index is 12.8. The van der Waals surface area contributed by atoms with Crippen LogP contribution < -0.4 is 10.1 Å². The van der Waals surface area contributed by atoms with Crippen LogP contribution in [-0.2, 0) is 17.8 Å². The molecule has 2 atom stereocenters. The predicted octanol–water partition coefficient (Wildman–Crippen LogP) is 3.59. The molecule has 1 amide bonds. The van der Waals surface area contributed by atoms with Crippen molar-refractivity contribution in [1.29, 1.82) is 0 Å². The fourth-order valence-electron chi connectivity index (χ4n) is 4.69. The van der Waals surface area contributed by atoms with Crippen LogP contribution in [0.2, 0.25) is 0 Å². The van der Waals surface area contributed by atoms with Crippen molar-refractivity contribution < 1.29 is 9.53 Å². The number of carbonyl (C=O) groups excluding carboxylic acids is 1. The molecule has 4 heteroatoms. The van der Waals surface area contributed by atoms with Crippen molar-refractivity contribution in [3.05, 3.63) is 65.4 Å². The highest BCUT2D eigenvalue weighted by Gasteiger charge is 2.39. The van der Waals surface area contributed by atoms with E-state index in [0.717, 1.165) is 36.3 Å². The van der Waals surface area contributed by atoms with E-state index in [0.29, 0.717) is 6.54 Å². The van der Waals surface area contributed by atoms with Gasteiger partial charge >= 0.3 is 0 Å². The van der Waals surface area contributed by atoms with Gasteiger partial charge in [-0.15, -0.1) is 0 Å². The Hall–Kier alpha value is -2.75. The molecule has 0 aliphatic carbocycles. The minimum atomic E-state index is -0.154. The lowest BCUT2D eigenvalue weighted by molar-refractivity contribution is -0.120. The SMILES string of the molecule is COc1cccc([C@@H]2CNC(=O)[C@H]2c2cn3c4c(cccc24)CCC3)c1. The molecule has 3 aromatic rings. The van der Waals surface area contributed by atoms with Gasteiger partial charge in [0.15, 0.2) is 0 Å². The molecule has 1 fully saturated rings. The molecular weight excluding hydrogens is 324 g/mol. The normalized spacial score (nSPS) is 21.8. The quantitative estimate of drug-likeness (QED) is 0.787. The van der Waals surface area contributed by atoms with Crippen molar-refractivity contribution >= 4 is 16.8 Å². The lowest BCUT2D eigenvalue weighted by Gasteiger charge is -2.17. The van der Waals surface area contributed by atoms with Gasteiger partial charge in [0.25, 0.3) is 0 Å². The maximum absolute atomic E-state index is 12.8. The maximum Gasteiger partial charge on any atom is 0.228 e. The van der Waals surface area contributed by atoms with Crippen molar-refractivity contribution in [2.45, 2.75) is 31.2 Å². The van der Waals surface area contributed by atoms with E-state index in [1.165, 1.54) is 16.5 Å². The average molecular weight is 346 g/mol. The Labute approximate surface area is 152 Å². The summed E-state index contributed by atoms with van der Waals surface area (Å²) in [5.74, 6) is 0.935. The molecule has 1 saturated heterocycles. The standard InChI is InChI=1S/C22H22N2O2/c1-26-16-8-2-6-15(11-16)18-12-23-22(25)20(18)19-13-24-10-4-7-14-5-3-9-17(19)21(14)24/h2-3,5-6,8-9,11,13,18,20H,4,7,10,12H2,1H3,(H,23,25)/t18-,20+/m0/s1. The number of methoxy groups -OCH3 is 1. The molecule has 1 N–H and O–H groups in total. The van der Waals surface area contributed by atoms with Gasteiger partial charge in [-0.1, -0.05) is 30.3 Å². The number of amides is 1. The van der Waals surface area contributed by atoms with Crippen molar-refractivity contribution in [1.82, 2.24) is 9.88 Å². The molecule has 26 heavy (non-hydrogen) atoms. The Balaban J connectivity index is 1.65. The summed E-state index contributed by atoms with van der Waals surface area (Å²) in [7, 11) is 1.68. The molecule has 4 nitrogen and oxygen atoms in total. The van der Waals surface area contributed by atoms with E-state index in [4.69, 9.17) is 4.74 Å². The van der Waals surface area contributed by atoms with Gasteiger partial charge in [-0.2, -0.15) is 0 Å². The number of carbonyl (C=O) groups is 1. The molecule has 2 aliphatic rings. The van der Waals surface area contributed by atoms with Crippen LogP contribution in [0.3, 0.4) is 0 Å². The first-order valence-corrected chi connectivity index (χ1v) is 9.28. The fourth-order valence-corrected chi connectivity index (χ4v) is 4.69. The van der Waals surface area contributed by atoms with Crippen LogP contribution in [0.5, 0.6) is 5.75 Å². The number of nitrogens with one attached hydrogen (secondary N) is 1. The van der Waals surface area contributed by atoms with Crippen molar-refractivity contribution in [3.63, 3.8) is 0 Å². The van der Waals surface area contributed by atoms with E-state index in [-0.39, 0.29) is 17.7 Å². The molecule has 2 aromatic carbocycles. The second-order valence-electron chi connectivity index (χ2n) is 7.30. The summed E-state index contributed by atoms with van der Waals surface area (Å²) < 4.78 is 7.73. The van der Waals surface area contributed by atoms with Gasteiger partial charge < -0.3 is 14.6 Å². The average Bonchev–Trinajstić information content (AvgIpc) is 3.24. The zero-order valence-corrected chi connectivity index (χ0v) is 14.9. The van der Waals surface area contributed by atoms with Gasteiger partial charge in [-0.3, -0.25) is 4.79 Å². The molecule has 1 aromatic heterocycles. The second-order valence-corrected chi connectivity index (χ2v) is 7.30. The molecule has 5 rings (SSSR count). The van der Waals surface area contributed by atoms with E-state index in [2.05, 4.69) is 46.4 Å². The Morgan fingerprint density at radius 1 is 1.19 bits per heavy atom. The smallest absolute Gasteiger partial charge is 0.228 e. The van der Waals surface area contributed by atoms with Crippen LogP contribution in [0.15, 0.2) is 48.7 Å². The van der Waals surface area contributed by atoms with Crippen molar-refractivity contribution in [2.24, 2.45) is 0 Å². The number of ether oxygens (including phenoxy) is 1. The molecule has 0 unspecified atom stereocenters. The molecule has 0 bridgehead atoms. The number of aryl methyl sites for hydroxylation is 2. The summed E-state index contributed by atoms with van der Waals surface area (Å²) in [4.78, 5) is 12.8. The molecule has 132 valence electrons. The summed E-state index contributed by atoms with van der Waals surface area (Å²) >= 11 is 0. The summed E-state index contributed by atoms with van der Waals surface area (Å²) in [6.45, 7) is 1.70. The Bertz CT molecular complexity index is 1000. The van der Waals surface area contributed by atoms with Crippen LogP contribution in [0.25, 0.3) is 10.9 Å². The van der Waals surface area contributed by atoms with E-state index in [1.54, 1.807) is 7.11 Å². The van der Waals surface area contributed by atoms with Crippen LogP contribution >= 0.6 is 0 Å². The third kappa shape index (κ3) is 2.25. The van der Waals surface area contributed by atoms with E-state index in [1.807, 2.05) is 12.1 Å². The van der Waals surface area contributed by atoms with E-state index in [9.17, 15) is 4.79 Å². The lowest BCUT2D eigenvalue weighted by atomic mass is 9.83. The van der Waals surface area contributed by atoms with E-state index < -0.39 is 0 Å². The molecule has 0 spiro atoms. The van der Waals surface area contributed by atoms with Crippen molar-refractivity contribution in [3.8, 4) is 5.75 Å². The number of nitrogens with zero attached hydrogens (tertiary/aromatic N) is 1. The summed E-state index contributed by atoms with van der Waals surface area (Å²) in [5.41, 5.74) is 5.03. The predicted molar refractivity (Wildman–Crippen MR) is 102 cm³/mol. The highest BCUT2D eigenvalue weighted by Crippen LogP contribution is 2.42. The van der Waals surface area contributed by atoms with Crippen LogP contribution in [-0.4, -0.2) is 24.1 Å². The minimum absolute atomic E-state index is 0.126. The Morgan fingerprint density at radius 3 is 2.96 bits per heavy atom. The monoisotopic (exact) mass is 346 g/mol. The van der Waals surface area contributed by atoms with Gasteiger partial charge in [-0.25, -0.2) is 0 Å².